The van der Waals surface area contributed by atoms with Gasteiger partial charge in [0.1, 0.15) is 5.75 Å². The molecular weight excluding hydrogens is 224 g/mol. The van der Waals surface area contributed by atoms with E-state index in [1.807, 2.05) is 6.07 Å². The number of nitrogens with zero attached hydrogens (tertiary/aromatic N) is 1. The lowest BCUT2D eigenvalue weighted by Crippen LogP contribution is -2.17. The molecule has 0 aliphatic heterocycles. The van der Waals surface area contributed by atoms with Crippen LogP contribution in [0.1, 0.15) is 19.8 Å². The molecule has 0 amide bonds. The fourth-order valence-electron chi connectivity index (χ4n) is 2.18. The van der Waals surface area contributed by atoms with Crippen molar-refractivity contribution in [1.29, 1.82) is 0 Å². The molecule has 1 aromatic carbocycles. The Morgan fingerprint density at radius 3 is 2.89 bits per heavy atom. The minimum Gasteiger partial charge on any atom is -0.497 e. The van der Waals surface area contributed by atoms with Gasteiger partial charge in [0.25, 0.3) is 0 Å². The quantitative estimate of drug-likeness (QED) is 0.760. The molecule has 0 atom stereocenters. The lowest BCUT2D eigenvalue weighted by atomic mass is 10.2. The summed E-state index contributed by atoms with van der Waals surface area (Å²) in [6, 6.07) is 8.39. The molecule has 1 heterocycles. The number of hydrogen-bond acceptors (Lipinski definition) is 2. The van der Waals surface area contributed by atoms with Crippen molar-refractivity contribution >= 4 is 10.9 Å². The first-order valence-electron chi connectivity index (χ1n) is 6.68. The van der Waals surface area contributed by atoms with Crippen molar-refractivity contribution in [3.63, 3.8) is 0 Å². The number of benzene rings is 1. The van der Waals surface area contributed by atoms with Crippen molar-refractivity contribution < 1.29 is 4.74 Å². The van der Waals surface area contributed by atoms with Crippen LogP contribution in [0.4, 0.5) is 0 Å². The highest BCUT2D eigenvalue weighted by Crippen LogP contribution is 2.21. The molecule has 0 fully saturated rings. The van der Waals surface area contributed by atoms with Gasteiger partial charge in [0, 0.05) is 23.6 Å². The molecule has 0 unspecified atom stereocenters. The molecule has 3 heteroatoms. The van der Waals surface area contributed by atoms with Gasteiger partial charge >= 0.3 is 0 Å². The van der Waals surface area contributed by atoms with Crippen molar-refractivity contribution in [3.05, 3.63) is 30.5 Å². The van der Waals surface area contributed by atoms with Crippen LogP contribution in [0.15, 0.2) is 30.5 Å². The number of aromatic nitrogens is 1. The maximum atomic E-state index is 5.24. The molecule has 18 heavy (non-hydrogen) atoms. The van der Waals surface area contributed by atoms with Gasteiger partial charge in [-0.1, -0.05) is 6.92 Å². The van der Waals surface area contributed by atoms with Gasteiger partial charge in [-0.05, 0) is 50.2 Å². The molecule has 1 aromatic heterocycles. The first-order valence-corrected chi connectivity index (χ1v) is 6.68. The second-order valence-electron chi connectivity index (χ2n) is 4.54. The minimum atomic E-state index is 0.921. The Balaban J connectivity index is 1.97. The fourth-order valence-corrected chi connectivity index (χ4v) is 2.18. The largest absolute Gasteiger partial charge is 0.497 e. The van der Waals surface area contributed by atoms with Crippen LogP contribution in [-0.2, 0) is 6.54 Å². The van der Waals surface area contributed by atoms with E-state index in [1.165, 1.54) is 17.3 Å². The normalized spacial score (nSPS) is 11.0. The maximum absolute atomic E-state index is 5.24. The zero-order chi connectivity index (χ0) is 12.8. The molecular formula is C15H22N2O. The van der Waals surface area contributed by atoms with Crippen molar-refractivity contribution in [2.75, 3.05) is 20.2 Å². The SMILES string of the molecule is CCCNCCCn1ccc2cc(OC)ccc21. The van der Waals surface area contributed by atoms with Gasteiger partial charge in [-0.25, -0.2) is 0 Å². The number of aryl methyl sites for hydroxylation is 1. The van der Waals surface area contributed by atoms with Gasteiger partial charge in [0.2, 0.25) is 0 Å². The Hall–Kier alpha value is -1.48. The monoisotopic (exact) mass is 246 g/mol. The van der Waals surface area contributed by atoms with Gasteiger partial charge in [-0.2, -0.15) is 0 Å². The Bertz CT molecular complexity index is 490. The number of ether oxygens (including phenoxy) is 1. The number of nitrogens with one attached hydrogen (secondary N) is 1. The van der Waals surface area contributed by atoms with Gasteiger partial charge < -0.3 is 14.6 Å². The third kappa shape index (κ3) is 3.05. The average molecular weight is 246 g/mol. The first-order chi connectivity index (χ1) is 8.85. The van der Waals surface area contributed by atoms with Crippen molar-refractivity contribution in [2.24, 2.45) is 0 Å². The van der Waals surface area contributed by atoms with Crippen LogP contribution in [0.5, 0.6) is 5.75 Å². The molecule has 2 rings (SSSR count). The standard InChI is InChI=1S/C15H22N2O/c1-3-8-16-9-4-10-17-11-7-13-12-14(18-2)5-6-15(13)17/h5-7,11-12,16H,3-4,8-10H2,1-2H3. The Morgan fingerprint density at radius 1 is 1.22 bits per heavy atom. The molecule has 0 aliphatic rings. The van der Waals surface area contributed by atoms with E-state index >= 15 is 0 Å². The van der Waals surface area contributed by atoms with Crippen LogP contribution in [0.3, 0.4) is 0 Å². The van der Waals surface area contributed by atoms with E-state index in [-0.39, 0.29) is 0 Å². The summed E-state index contributed by atoms with van der Waals surface area (Å²) in [5.41, 5.74) is 1.28. The van der Waals surface area contributed by atoms with Crippen molar-refractivity contribution in [2.45, 2.75) is 26.3 Å². The van der Waals surface area contributed by atoms with E-state index in [1.54, 1.807) is 7.11 Å². The molecule has 0 spiro atoms. The Morgan fingerprint density at radius 2 is 2.11 bits per heavy atom. The summed E-state index contributed by atoms with van der Waals surface area (Å²) in [6.07, 6.45) is 4.52. The topological polar surface area (TPSA) is 26.2 Å². The Labute approximate surface area is 109 Å². The summed E-state index contributed by atoms with van der Waals surface area (Å²) in [5.74, 6) is 0.921. The molecule has 2 aromatic rings. The predicted molar refractivity (Wildman–Crippen MR) is 76.3 cm³/mol. The third-order valence-corrected chi connectivity index (χ3v) is 3.16. The van der Waals surface area contributed by atoms with Gasteiger partial charge in [0.05, 0.1) is 7.11 Å². The summed E-state index contributed by atoms with van der Waals surface area (Å²) in [5, 5.41) is 4.68. The van der Waals surface area contributed by atoms with Crippen molar-refractivity contribution in [3.8, 4) is 5.75 Å². The minimum absolute atomic E-state index is 0.921. The van der Waals surface area contributed by atoms with Gasteiger partial charge in [-0.3, -0.25) is 0 Å². The van der Waals surface area contributed by atoms with E-state index < -0.39 is 0 Å². The fraction of sp³-hybridized carbons (Fsp3) is 0.467. The average Bonchev–Trinajstić information content (AvgIpc) is 2.81. The highest BCUT2D eigenvalue weighted by atomic mass is 16.5. The predicted octanol–water partition coefficient (Wildman–Crippen LogP) is 3.04. The maximum Gasteiger partial charge on any atom is 0.119 e. The van der Waals surface area contributed by atoms with Gasteiger partial charge in [-0.15, -0.1) is 0 Å². The van der Waals surface area contributed by atoms with Gasteiger partial charge in [0.15, 0.2) is 0 Å². The van der Waals surface area contributed by atoms with Crippen molar-refractivity contribution in [1.82, 2.24) is 9.88 Å². The summed E-state index contributed by atoms with van der Waals surface area (Å²) < 4.78 is 7.55. The van der Waals surface area contributed by atoms with E-state index in [0.29, 0.717) is 0 Å². The summed E-state index contributed by atoms with van der Waals surface area (Å²) in [4.78, 5) is 0. The molecule has 0 saturated heterocycles. The zero-order valence-electron chi connectivity index (χ0n) is 11.3. The van der Waals surface area contributed by atoms with E-state index in [4.69, 9.17) is 4.74 Å². The Kier molecular flexibility index (Phi) is 4.65. The van der Waals surface area contributed by atoms with Crippen LogP contribution in [0.25, 0.3) is 10.9 Å². The van der Waals surface area contributed by atoms with Crippen LogP contribution < -0.4 is 10.1 Å². The van der Waals surface area contributed by atoms with Crippen LogP contribution >= 0.6 is 0 Å². The third-order valence-electron chi connectivity index (χ3n) is 3.16. The van der Waals surface area contributed by atoms with E-state index in [2.05, 4.69) is 41.2 Å². The number of hydrogen-bond donors (Lipinski definition) is 1. The van der Waals surface area contributed by atoms with Crippen LogP contribution in [-0.4, -0.2) is 24.8 Å². The number of rotatable bonds is 7. The lowest BCUT2D eigenvalue weighted by molar-refractivity contribution is 0.415. The molecule has 0 aliphatic carbocycles. The van der Waals surface area contributed by atoms with E-state index in [0.717, 1.165) is 31.8 Å². The molecule has 3 nitrogen and oxygen atoms in total. The molecule has 98 valence electrons. The molecule has 1 N–H and O–H groups in total. The summed E-state index contributed by atoms with van der Waals surface area (Å²) >= 11 is 0. The number of methoxy groups -OCH3 is 1. The molecule has 0 saturated carbocycles. The first kappa shape index (κ1) is 13.0. The van der Waals surface area contributed by atoms with Crippen LogP contribution in [0.2, 0.25) is 0 Å². The highest BCUT2D eigenvalue weighted by Gasteiger charge is 2.02. The smallest absolute Gasteiger partial charge is 0.119 e. The second kappa shape index (κ2) is 6.45. The lowest BCUT2D eigenvalue weighted by Gasteiger charge is -2.07. The molecule has 0 radical (unpaired) electrons. The highest BCUT2D eigenvalue weighted by molar-refractivity contribution is 5.81. The molecule has 0 bridgehead atoms. The number of fused-ring (bicyclic) bond motifs is 1. The van der Waals surface area contributed by atoms with E-state index in [9.17, 15) is 0 Å². The summed E-state index contributed by atoms with van der Waals surface area (Å²) in [6.45, 7) is 5.46. The second-order valence-corrected chi connectivity index (χ2v) is 4.54. The van der Waals surface area contributed by atoms with Crippen LogP contribution in [0, 0.1) is 0 Å². The summed E-state index contributed by atoms with van der Waals surface area (Å²) in [7, 11) is 1.71. The zero-order valence-corrected chi connectivity index (χ0v) is 11.3.